The number of aromatic nitrogens is 2. The molecule has 52 heavy (non-hydrogen) atoms. The third-order valence-electron chi connectivity index (χ3n) is 11.8. The molecule has 2 heteroatoms. The Balaban J connectivity index is 1.17. The van der Waals surface area contributed by atoms with Crippen LogP contribution in [0.1, 0.15) is 53.1 Å². The van der Waals surface area contributed by atoms with Crippen molar-refractivity contribution >= 4 is 0 Å². The molecule has 10 rings (SSSR count). The van der Waals surface area contributed by atoms with Gasteiger partial charge in [-0.05, 0) is 62.7 Å². The predicted molar refractivity (Wildman–Crippen MR) is 213 cm³/mol. The molecule has 0 saturated carbocycles. The van der Waals surface area contributed by atoms with Gasteiger partial charge in [0, 0.05) is 33.9 Å². The summed E-state index contributed by atoms with van der Waals surface area (Å²) in [6.45, 7) is 4.80. The summed E-state index contributed by atoms with van der Waals surface area (Å²) in [5.41, 5.74) is 15.4. The van der Waals surface area contributed by atoms with E-state index in [1.165, 1.54) is 44.5 Å². The van der Waals surface area contributed by atoms with Crippen LogP contribution in [0.5, 0.6) is 0 Å². The molecule has 0 amide bonds. The van der Waals surface area contributed by atoms with Gasteiger partial charge in [-0.1, -0.05) is 178 Å². The Morgan fingerprint density at radius 2 is 1.00 bits per heavy atom. The smallest absolute Gasteiger partial charge is 0.160 e. The van der Waals surface area contributed by atoms with Crippen LogP contribution >= 0.6 is 0 Å². The fourth-order valence-electron chi connectivity index (χ4n) is 9.48. The number of benzene rings is 6. The molecule has 0 N–H and O–H groups in total. The normalized spacial score (nSPS) is 20.2. The van der Waals surface area contributed by atoms with E-state index < -0.39 is 0 Å². The van der Waals surface area contributed by atoms with E-state index in [0.29, 0.717) is 5.92 Å². The second-order valence-corrected chi connectivity index (χ2v) is 14.9. The maximum Gasteiger partial charge on any atom is 0.160 e. The van der Waals surface area contributed by atoms with E-state index >= 15 is 0 Å². The zero-order chi connectivity index (χ0) is 34.9. The summed E-state index contributed by atoms with van der Waals surface area (Å²) in [5.74, 6) is 1.33. The van der Waals surface area contributed by atoms with Gasteiger partial charge in [-0.15, -0.1) is 0 Å². The number of rotatable bonds is 4. The van der Waals surface area contributed by atoms with Crippen LogP contribution in [-0.4, -0.2) is 9.97 Å². The molecule has 7 aromatic rings. The molecule has 3 unspecified atom stereocenters. The van der Waals surface area contributed by atoms with E-state index in [4.69, 9.17) is 9.97 Å². The highest BCUT2D eigenvalue weighted by atomic mass is 14.9. The molecule has 2 nitrogen and oxygen atoms in total. The minimum absolute atomic E-state index is 0.151. The minimum atomic E-state index is -0.306. The molecule has 0 radical (unpaired) electrons. The monoisotopic (exact) mass is 666 g/mol. The van der Waals surface area contributed by atoms with Gasteiger partial charge in [-0.25, -0.2) is 9.97 Å². The summed E-state index contributed by atoms with van der Waals surface area (Å²) in [4.78, 5) is 10.2. The van der Waals surface area contributed by atoms with Gasteiger partial charge in [0.15, 0.2) is 5.82 Å². The number of allylic oxidation sites excluding steroid dienone is 4. The molecule has 1 heterocycles. The lowest BCUT2D eigenvalue weighted by Gasteiger charge is -2.49. The highest BCUT2D eigenvalue weighted by molar-refractivity contribution is 5.78. The molecule has 0 fully saturated rings. The molecule has 3 atom stereocenters. The van der Waals surface area contributed by atoms with Gasteiger partial charge in [-0.3, -0.25) is 0 Å². The van der Waals surface area contributed by atoms with Crippen LogP contribution in [-0.2, 0) is 10.8 Å². The van der Waals surface area contributed by atoms with Gasteiger partial charge in [0.25, 0.3) is 0 Å². The molecule has 0 saturated heterocycles. The first kappa shape index (κ1) is 30.7. The van der Waals surface area contributed by atoms with Crippen LogP contribution in [0.2, 0.25) is 0 Å². The Morgan fingerprint density at radius 1 is 0.423 bits per heavy atom. The largest absolute Gasteiger partial charge is 0.228 e. The molecule has 1 spiro atoms. The third-order valence-corrected chi connectivity index (χ3v) is 11.8. The zero-order valence-electron chi connectivity index (χ0n) is 29.4. The number of nitrogens with zero attached hydrogens (tertiary/aromatic N) is 2. The summed E-state index contributed by atoms with van der Waals surface area (Å²) < 4.78 is 0. The molecular formula is C50H38N2. The average molecular weight is 667 g/mol. The minimum Gasteiger partial charge on any atom is -0.228 e. The Bertz CT molecular complexity index is 2500. The average Bonchev–Trinajstić information content (AvgIpc) is 3.51. The summed E-state index contributed by atoms with van der Waals surface area (Å²) in [6, 6.07) is 57.4. The summed E-state index contributed by atoms with van der Waals surface area (Å²) in [6.07, 6.45) is 9.39. The van der Waals surface area contributed by atoms with E-state index in [0.717, 1.165) is 33.9 Å². The maximum absolute atomic E-state index is 5.15. The van der Waals surface area contributed by atoms with Crippen molar-refractivity contribution in [3.63, 3.8) is 0 Å². The Morgan fingerprint density at radius 3 is 1.79 bits per heavy atom. The van der Waals surface area contributed by atoms with E-state index in [-0.39, 0.29) is 16.7 Å². The van der Waals surface area contributed by atoms with E-state index in [9.17, 15) is 0 Å². The lowest BCUT2D eigenvalue weighted by Crippen LogP contribution is -2.44. The molecule has 3 aliphatic rings. The van der Waals surface area contributed by atoms with Gasteiger partial charge in [0.1, 0.15) is 0 Å². The van der Waals surface area contributed by atoms with Crippen LogP contribution in [0.25, 0.3) is 45.0 Å². The van der Waals surface area contributed by atoms with Crippen LogP contribution in [0.4, 0.5) is 0 Å². The van der Waals surface area contributed by atoms with E-state index in [2.05, 4.69) is 172 Å². The maximum atomic E-state index is 5.15. The fourth-order valence-corrected chi connectivity index (χ4v) is 9.48. The lowest BCUT2D eigenvalue weighted by atomic mass is 9.53. The van der Waals surface area contributed by atoms with Crippen LogP contribution in [0.15, 0.2) is 182 Å². The van der Waals surface area contributed by atoms with Gasteiger partial charge < -0.3 is 0 Å². The summed E-state index contributed by atoms with van der Waals surface area (Å²) in [5, 5.41) is 0. The number of hydrogen-bond acceptors (Lipinski definition) is 2. The summed E-state index contributed by atoms with van der Waals surface area (Å²) >= 11 is 0. The second kappa shape index (κ2) is 11.7. The molecular weight excluding hydrogens is 629 g/mol. The molecule has 6 aromatic carbocycles. The van der Waals surface area contributed by atoms with Crippen molar-refractivity contribution in [3.8, 4) is 45.0 Å². The first-order valence-electron chi connectivity index (χ1n) is 18.3. The first-order valence-corrected chi connectivity index (χ1v) is 18.3. The topological polar surface area (TPSA) is 25.8 Å². The predicted octanol–water partition coefficient (Wildman–Crippen LogP) is 12.0. The molecule has 0 bridgehead atoms. The van der Waals surface area contributed by atoms with Crippen LogP contribution < -0.4 is 0 Å². The molecule has 1 aromatic heterocycles. The number of fused-ring (bicyclic) bond motifs is 9. The van der Waals surface area contributed by atoms with Gasteiger partial charge in [0.2, 0.25) is 0 Å². The third kappa shape index (κ3) is 4.50. The number of hydrogen-bond donors (Lipinski definition) is 0. The fraction of sp³-hybridized carbons (Fsp3) is 0.120. The Kier molecular flexibility index (Phi) is 6.91. The van der Waals surface area contributed by atoms with Crippen LogP contribution in [0.3, 0.4) is 0 Å². The standard InChI is InChI=1S/C50H38N2/c1-49(2)42-26-13-14-27-44(42)50(40-24-11-9-22-38(40)39-23-10-12-25-41(39)50)45-31-36(28-29-43(45)49)35-20-15-21-37(30-35)47-32-46(33-16-5-3-6-17-33)51-48(52-47)34-18-7-4-8-19-34/h3-32,38,40H,1-2H3. The SMILES string of the molecule is CC1(C)c2ccccc2C2(c3ccccc3C3C=CC=CC32)c2cc(-c3cccc(-c4cc(-c5ccccc5)nc(-c5ccccc5)n4)c3)ccc21. The lowest BCUT2D eigenvalue weighted by molar-refractivity contribution is 0.420. The van der Waals surface area contributed by atoms with E-state index in [1.807, 2.05) is 24.3 Å². The van der Waals surface area contributed by atoms with Gasteiger partial charge in [0.05, 0.1) is 16.8 Å². The quantitative estimate of drug-likeness (QED) is 0.187. The second-order valence-electron chi connectivity index (χ2n) is 14.9. The highest BCUT2D eigenvalue weighted by Crippen LogP contribution is 2.64. The van der Waals surface area contributed by atoms with Gasteiger partial charge in [-0.2, -0.15) is 0 Å². The van der Waals surface area contributed by atoms with Crippen molar-refractivity contribution in [2.45, 2.75) is 30.6 Å². The first-order chi connectivity index (χ1) is 25.5. The summed E-state index contributed by atoms with van der Waals surface area (Å²) in [7, 11) is 0. The van der Waals surface area contributed by atoms with Crippen molar-refractivity contribution < 1.29 is 0 Å². The molecule has 3 aliphatic carbocycles. The van der Waals surface area contributed by atoms with Crippen molar-refractivity contribution in [3.05, 3.63) is 215 Å². The molecule has 0 aliphatic heterocycles. The van der Waals surface area contributed by atoms with Gasteiger partial charge >= 0.3 is 0 Å². The van der Waals surface area contributed by atoms with Crippen molar-refractivity contribution in [2.24, 2.45) is 5.92 Å². The van der Waals surface area contributed by atoms with Crippen LogP contribution in [0, 0.1) is 5.92 Å². The Hall–Kier alpha value is -6.12. The Labute approximate surface area is 305 Å². The highest BCUT2D eigenvalue weighted by Gasteiger charge is 2.57. The van der Waals surface area contributed by atoms with E-state index in [1.54, 1.807) is 0 Å². The van der Waals surface area contributed by atoms with Crippen molar-refractivity contribution in [1.82, 2.24) is 9.97 Å². The zero-order valence-corrected chi connectivity index (χ0v) is 29.4. The van der Waals surface area contributed by atoms with Crippen molar-refractivity contribution in [2.75, 3.05) is 0 Å². The molecule has 248 valence electrons. The van der Waals surface area contributed by atoms with Crippen molar-refractivity contribution in [1.29, 1.82) is 0 Å².